The largest absolute Gasteiger partial charge is 0.309 e. The van der Waals surface area contributed by atoms with Crippen LogP contribution in [-0.2, 0) is 19.3 Å². The van der Waals surface area contributed by atoms with Crippen molar-refractivity contribution in [1.82, 2.24) is 4.57 Å². The normalized spacial score (nSPS) is 18.2. The lowest BCUT2D eigenvalue weighted by molar-refractivity contribution is 0.658. The average Bonchev–Trinajstić information content (AvgIpc) is 2.99. The first-order valence-corrected chi connectivity index (χ1v) is 5.94. The fraction of sp³-hybridized carbons (Fsp3) is 0.538. The zero-order valence-corrected chi connectivity index (χ0v) is 9.20. The Balaban J connectivity index is 2.21. The van der Waals surface area contributed by atoms with Crippen LogP contribution in [0.4, 0.5) is 0 Å². The van der Waals surface area contributed by atoms with Crippen LogP contribution in [0.25, 0.3) is 0 Å². The summed E-state index contributed by atoms with van der Waals surface area (Å²) >= 11 is 0. The fourth-order valence-corrected chi connectivity index (χ4v) is 2.66. The van der Waals surface area contributed by atoms with E-state index in [9.17, 15) is 4.79 Å². The van der Waals surface area contributed by atoms with Gasteiger partial charge in [0.1, 0.15) is 0 Å². The number of pyridine rings is 1. The standard InChI is InChI=1S/C13H14N2O/c14-7-6-10-8-9-2-1-3-12(9)15(13(10)16)11-4-5-11/h8,11H,1-6H2. The van der Waals surface area contributed by atoms with Crippen molar-refractivity contribution in [3.63, 3.8) is 0 Å². The highest BCUT2D eigenvalue weighted by Crippen LogP contribution is 2.37. The van der Waals surface area contributed by atoms with Crippen molar-refractivity contribution in [2.75, 3.05) is 0 Å². The van der Waals surface area contributed by atoms with Crippen LogP contribution in [0.3, 0.4) is 0 Å². The molecule has 0 atom stereocenters. The number of aromatic nitrogens is 1. The zero-order valence-electron chi connectivity index (χ0n) is 9.20. The van der Waals surface area contributed by atoms with E-state index in [0.29, 0.717) is 11.6 Å². The fourth-order valence-electron chi connectivity index (χ4n) is 2.66. The maximum absolute atomic E-state index is 12.2. The average molecular weight is 214 g/mol. The van der Waals surface area contributed by atoms with Gasteiger partial charge in [0.25, 0.3) is 5.56 Å². The van der Waals surface area contributed by atoms with Crippen LogP contribution in [0.15, 0.2) is 10.9 Å². The monoisotopic (exact) mass is 214 g/mol. The van der Waals surface area contributed by atoms with Gasteiger partial charge in [-0.3, -0.25) is 4.79 Å². The van der Waals surface area contributed by atoms with Crippen LogP contribution in [0, 0.1) is 11.3 Å². The third-order valence-electron chi connectivity index (χ3n) is 3.54. The van der Waals surface area contributed by atoms with Crippen molar-refractivity contribution < 1.29 is 0 Å². The summed E-state index contributed by atoms with van der Waals surface area (Å²) in [5.41, 5.74) is 3.32. The van der Waals surface area contributed by atoms with Gasteiger partial charge in [0.2, 0.25) is 0 Å². The van der Waals surface area contributed by atoms with Crippen molar-refractivity contribution in [3.8, 4) is 6.07 Å². The molecule has 1 aromatic heterocycles. The molecule has 16 heavy (non-hydrogen) atoms. The second kappa shape index (κ2) is 3.48. The van der Waals surface area contributed by atoms with Crippen LogP contribution in [0.5, 0.6) is 0 Å². The number of rotatable bonds is 2. The van der Waals surface area contributed by atoms with Gasteiger partial charge in [-0.2, -0.15) is 5.26 Å². The number of nitriles is 1. The summed E-state index contributed by atoms with van der Waals surface area (Å²) in [4.78, 5) is 12.2. The molecule has 2 aliphatic carbocycles. The molecule has 2 aliphatic rings. The van der Waals surface area contributed by atoms with E-state index in [4.69, 9.17) is 5.26 Å². The van der Waals surface area contributed by atoms with Gasteiger partial charge in [0, 0.05) is 17.3 Å². The van der Waals surface area contributed by atoms with E-state index in [0.717, 1.165) is 32.1 Å². The first-order chi connectivity index (χ1) is 7.81. The van der Waals surface area contributed by atoms with Gasteiger partial charge in [-0.25, -0.2) is 0 Å². The highest BCUT2D eigenvalue weighted by atomic mass is 16.1. The Morgan fingerprint density at radius 2 is 2.25 bits per heavy atom. The highest BCUT2D eigenvalue weighted by molar-refractivity contribution is 5.32. The summed E-state index contributed by atoms with van der Waals surface area (Å²) in [6, 6.07) is 4.48. The highest BCUT2D eigenvalue weighted by Gasteiger charge is 2.30. The predicted octanol–water partition coefficient (Wildman–Crippen LogP) is 1.74. The quantitative estimate of drug-likeness (QED) is 0.752. The number of hydrogen-bond donors (Lipinski definition) is 0. The smallest absolute Gasteiger partial charge is 0.255 e. The van der Waals surface area contributed by atoms with Gasteiger partial charge >= 0.3 is 0 Å². The van der Waals surface area contributed by atoms with Crippen molar-refractivity contribution >= 4 is 0 Å². The third-order valence-corrected chi connectivity index (χ3v) is 3.54. The molecule has 0 radical (unpaired) electrons. The van der Waals surface area contributed by atoms with Gasteiger partial charge < -0.3 is 4.57 Å². The molecule has 1 heterocycles. The third kappa shape index (κ3) is 1.37. The first-order valence-electron chi connectivity index (χ1n) is 5.94. The Morgan fingerprint density at radius 3 is 2.94 bits per heavy atom. The van der Waals surface area contributed by atoms with Gasteiger partial charge in [-0.1, -0.05) is 0 Å². The van der Waals surface area contributed by atoms with Crippen LogP contribution in [0.2, 0.25) is 0 Å². The van der Waals surface area contributed by atoms with E-state index >= 15 is 0 Å². The van der Waals surface area contributed by atoms with Crippen LogP contribution in [-0.4, -0.2) is 4.57 Å². The molecule has 82 valence electrons. The molecular weight excluding hydrogens is 200 g/mol. The minimum atomic E-state index is 0.0877. The van der Waals surface area contributed by atoms with E-state index < -0.39 is 0 Å². The molecule has 1 fully saturated rings. The lowest BCUT2D eigenvalue weighted by atomic mass is 10.1. The van der Waals surface area contributed by atoms with E-state index in [1.165, 1.54) is 11.3 Å². The van der Waals surface area contributed by atoms with Crippen molar-refractivity contribution in [2.45, 2.75) is 44.6 Å². The van der Waals surface area contributed by atoms with E-state index in [2.05, 4.69) is 6.07 Å². The van der Waals surface area contributed by atoms with Crippen LogP contribution in [0.1, 0.15) is 42.1 Å². The topological polar surface area (TPSA) is 45.8 Å². The molecule has 0 amide bonds. The lowest BCUT2D eigenvalue weighted by Gasteiger charge is -2.12. The summed E-state index contributed by atoms with van der Waals surface area (Å²) in [5, 5.41) is 8.74. The van der Waals surface area contributed by atoms with Crippen molar-refractivity contribution in [1.29, 1.82) is 5.26 Å². The zero-order chi connectivity index (χ0) is 11.1. The Labute approximate surface area is 94.3 Å². The molecule has 0 N–H and O–H groups in total. The second-order valence-electron chi connectivity index (χ2n) is 4.74. The predicted molar refractivity (Wildman–Crippen MR) is 60.3 cm³/mol. The Kier molecular flexibility index (Phi) is 2.10. The maximum atomic E-state index is 12.2. The Morgan fingerprint density at radius 1 is 1.44 bits per heavy atom. The number of nitrogens with zero attached hydrogens (tertiary/aromatic N) is 2. The van der Waals surface area contributed by atoms with Crippen LogP contribution >= 0.6 is 0 Å². The molecule has 1 saturated carbocycles. The van der Waals surface area contributed by atoms with Gasteiger partial charge in [0.15, 0.2) is 0 Å². The molecule has 3 heteroatoms. The lowest BCUT2D eigenvalue weighted by Crippen LogP contribution is -2.26. The van der Waals surface area contributed by atoms with Gasteiger partial charge in [-0.05, 0) is 43.7 Å². The molecule has 3 rings (SSSR count). The van der Waals surface area contributed by atoms with Crippen LogP contribution < -0.4 is 5.56 Å². The summed E-state index contributed by atoms with van der Waals surface area (Å²) in [7, 11) is 0. The van der Waals surface area contributed by atoms with Gasteiger partial charge in [0.05, 0.1) is 12.5 Å². The molecule has 1 aromatic rings. The summed E-state index contributed by atoms with van der Waals surface area (Å²) < 4.78 is 1.98. The molecule has 0 spiro atoms. The maximum Gasteiger partial charge on any atom is 0.255 e. The Hall–Kier alpha value is -1.56. The second-order valence-corrected chi connectivity index (χ2v) is 4.74. The molecule has 0 saturated heterocycles. The minimum absolute atomic E-state index is 0.0877. The molecule has 0 bridgehead atoms. The SMILES string of the molecule is N#CCc1cc2c(n(C3CC3)c1=O)CCC2. The number of fused-ring (bicyclic) bond motifs is 1. The number of hydrogen-bond acceptors (Lipinski definition) is 2. The molecule has 0 aliphatic heterocycles. The van der Waals surface area contributed by atoms with E-state index in [-0.39, 0.29) is 12.0 Å². The molecule has 0 aromatic carbocycles. The number of aryl methyl sites for hydroxylation is 1. The van der Waals surface area contributed by atoms with E-state index in [1.807, 2.05) is 10.6 Å². The van der Waals surface area contributed by atoms with Crippen molar-refractivity contribution in [3.05, 3.63) is 33.2 Å². The summed E-state index contributed by atoms with van der Waals surface area (Å²) in [5.74, 6) is 0. The molecular formula is C13H14N2O. The van der Waals surface area contributed by atoms with E-state index in [1.54, 1.807) is 0 Å². The summed E-state index contributed by atoms with van der Waals surface area (Å²) in [6.07, 6.45) is 5.76. The first kappa shape index (κ1) is 9.65. The Bertz CT molecular complexity index is 532. The molecule has 3 nitrogen and oxygen atoms in total. The molecule has 0 unspecified atom stereocenters. The van der Waals surface area contributed by atoms with Crippen molar-refractivity contribution in [2.24, 2.45) is 0 Å². The van der Waals surface area contributed by atoms with Gasteiger partial charge in [-0.15, -0.1) is 0 Å². The minimum Gasteiger partial charge on any atom is -0.309 e. The summed E-state index contributed by atoms with van der Waals surface area (Å²) in [6.45, 7) is 0.